The molecule has 0 aliphatic heterocycles. The summed E-state index contributed by atoms with van der Waals surface area (Å²) in [5.41, 5.74) is 1.57. The molecule has 0 bridgehead atoms. The van der Waals surface area contributed by atoms with Gasteiger partial charge in [0, 0.05) is 28.6 Å². The summed E-state index contributed by atoms with van der Waals surface area (Å²) in [7, 11) is 0. The number of carbonyl (C=O) groups excluding carboxylic acids is 1. The van der Waals surface area contributed by atoms with Crippen molar-refractivity contribution in [1.29, 1.82) is 0 Å². The first kappa shape index (κ1) is 17.9. The number of phenolic OH excluding ortho intramolecular Hbond substituents is 1. The highest BCUT2D eigenvalue weighted by molar-refractivity contribution is 7.14. The fourth-order valence-electron chi connectivity index (χ4n) is 2.90. The summed E-state index contributed by atoms with van der Waals surface area (Å²) in [6.07, 6.45) is 0. The lowest BCUT2D eigenvalue weighted by molar-refractivity contribution is 0.0480. The number of hydrogen-bond donors (Lipinski definition) is 1. The Morgan fingerprint density at radius 3 is 2.75 bits per heavy atom. The molecule has 0 aliphatic carbocycles. The van der Waals surface area contributed by atoms with E-state index in [1.54, 1.807) is 6.07 Å². The summed E-state index contributed by atoms with van der Waals surface area (Å²) >= 11 is 1.26. The third kappa shape index (κ3) is 3.52. The van der Waals surface area contributed by atoms with E-state index >= 15 is 0 Å². The molecule has 0 radical (unpaired) electrons. The van der Waals surface area contributed by atoms with Crippen LogP contribution < -0.4 is 5.63 Å². The van der Waals surface area contributed by atoms with E-state index in [1.807, 2.05) is 37.3 Å². The molecule has 4 aromatic rings. The number of nitrogens with zero attached hydrogens (tertiary/aromatic N) is 1. The molecule has 7 heteroatoms. The third-order valence-electron chi connectivity index (χ3n) is 4.14. The minimum Gasteiger partial charge on any atom is -0.508 e. The first-order valence-electron chi connectivity index (χ1n) is 8.47. The Labute approximate surface area is 163 Å². The van der Waals surface area contributed by atoms with Crippen LogP contribution in [0.2, 0.25) is 0 Å². The van der Waals surface area contributed by atoms with Crippen LogP contribution in [0.1, 0.15) is 20.2 Å². The zero-order chi connectivity index (χ0) is 19.7. The van der Waals surface area contributed by atoms with Gasteiger partial charge in [0.25, 0.3) is 0 Å². The van der Waals surface area contributed by atoms with Gasteiger partial charge in [-0.25, -0.2) is 14.6 Å². The molecular weight excluding hydrogens is 378 g/mol. The summed E-state index contributed by atoms with van der Waals surface area (Å²) in [6.45, 7) is 1.73. The molecule has 2 heterocycles. The van der Waals surface area contributed by atoms with Crippen molar-refractivity contribution < 1.29 is 19.1 Å². The van der Waals surface area contributed by atoms with Gasteiger partial charge in [-0.15, -0.1) is 11.3 Å². The van der Waals surface area contributed by atoms with Gasteiger partial charge in [0.1, 0.15) is 22.8 Å². The molecule has 0 atom stereocenters. The van der Waals surface area contributed by atoms with Crippen LogP contribution in [0.15, 0.2) is 63.8 Å². The first-order valence-corrected chi connectivity index (χ1v) is 9.28. The monoisotopic (exact) mass is 393 g/mol. The standard InChI is InChI=1S/C21H15NO5S/c1-12-22-19(13-5-3-2-4-6-13)20(28-12)21(25)26-11-14-9-18(24)27-17-10-15(23)7-8-16(14)17/h2-10,23H,11H2,1H3. The highest BCUT2D eigenvalue weighted by Crippen LogP contribution is 2.29. The van der Waals surface area contributed by atoms with Crippen molar-refractivity contribution in [3.63, 3.8) is 0 Å². The molecule has 2 aromatic carbocycles. The highest BCUT2D eigenvalue weighted by Gasteiger charge is 2.20. The predicted octanol–water partition coefficient (Wildman–Crippen LogP) is 4.29. The van der Waals surface area contributed by atoms with E-state index in [-0.39, 0.29) is 17.9 Å². The Hall–Kier alpha value is -3.45. The van der Waals surface area contributed by atoms with Crippen LogP contribution in [0, 0.1) is 6.92 Å². The largest absolute Gasteiger partial charge is 0.508 e. The van der Waals surface area contributed by atoms with Crippen molar-refractivity contribution in [2.75, 3.05) is 0 Å². The van der Waals surface area contributed by atoms with Gasteiger partial charge in [-0.3, -0.25) is 0 Å². The topological polar surface area (TPSA) is 89.6 Å². The Morgan fingerprint density at radius 1 is 1.18 bits per heavy atom. The summed E-state index contributed by atoms with van der Waals surface area (Å²) in [5, 5.41) is 10.9. The zero-order valence-corrected chi connectivity index (χ0v) is 15.7. The summed E-state index contributed by atoms with van der Waals surface area (Å²) < 4.78 is 10.6. The second-order valence-electron chi connectivity index (χ2n) is 6.12. The average Bonchev–Trinajstić information content (AvgIpc) is 3.08. The van der Waals surface area contributed by atoms with Crippen LogP contribution in [0.3, 0.4) is 0 Å². The van der Waals surface area contributed by atoms with Gasteiger partial charge in [0.15, 0.2) is 0 Å². The smallest absolute Gasteiger partial charge is 0.350 e. The molecule has 0 amide bonds. The molecule has 28 heavy (non-hydrogen) atoms. The van der Waals surface area contributed by atoms with Crippen molar-refractivity contribution in [1.82, 2.24) is 4.98 Å². The van der Waals surface area contributed by atoms with Crippen LogP contribution in [0.5, 0.6) is 5.75 Å². The number of thiazole rings is 1. The SMILES string of the molecule is Cc1nc(-c2ccccc2)c(C(=O)OCc2cc(=O)oc3cc(O)ccc23)s1. The number of aryl methyl sites for hydroxylation is 1. The number of aromatic nitrogens is 1. The van der Waals surface area contributed by atoms with E-state index in [0.717, 1.165) is 10.6 Å². The summed E-state index contributed by atoms with van der Waals surface area (Å²) in [5.74, 6) is -0.526. The van der Waals surface area contributed by atoms with Crippen molar-refractivity contribution >= 4 is 28.3 Å². The molecule has 0 spiro atoms. The van der Waals surface area contributed by atoms with E-state index in [0.29, 0.717) is 21.5 Å². The van der Waals surface area contributed by atoms with Gasteiger partial charge in [0.05, 0.1) is 10.7 Å². The fraction of sp³-hybridized carbons (Fsp3) is 0.0952. The van der Waals surface area contributed by atoms with Gasteiger partial charge in [-0.05, 0) is 19.1 Å². The van der Waals surface area contributed by atoms with Crippen LogP contribution in [0.4, 0.5) is 0 Å². The quantitative estimate of drug-likeness (QED) is 0.411. The van der Waals surface area contributed by atoms with E-state index in [2.05, 4.69) is 4.98 Å². The van der Waals surface area contributed by atoms with Gasteiger partial charge in [-0.2, -0.15) is 0 Å². The van der Waals surface area contributed by atoms with E-state index in [1.165, 1.54) is 29.5 Å². The van der Waals surface area contributed by atoms with E-state index in [4.69, 9.17) is 9.15 Å². The van der Waals surface area contributed by atoms with Crippen LogP contribution in [-0.2, 0) is 11.3 Å². The van der Waals surface area contributed by atoms with Gasteiger partial charge in [-0.1, -0.05) is 30.3 Å². The predicted molar refractivity (Wildman–Crippen MR) is 106 cm³/mol. The average molecular weight is 393 g/mol. The molecule has 0 saturated carbocycles. The molecule has 4 rings (SSSR count). The lowest BCUT2D eigenvalue weighted by Gasteiger charge is -2.07. The van der Waals surface area contributed by atoms with Crippen molar-refractivity contribution in [3.8, 4) is 17.0 Å². The Balaban J connectivity index is 1.63. The number of carbonyl (C=O) groups is 1. The maximum atomic E-state index is 12.7. The number of phenols is 1. The van der Waals surface area contributed by atoms with Crippen LogP contribution in [0.25, 0.3) is 22.2 Å². The number of benzene rings is 2. The molecule has 2 aromatic heterocycles. The molecule has 140 valence electrons. The van der Waals surface area contributed by atoms with Crippen molar-refractivity contribution in [2.45, 2.75) is 13.5 Å². The van der Waals surface area contributed by atoms with E-state index < -0.39 is 11.6 Å². The maximum Gasteiger partial charge on any atom is 0.350 e. The first-order chi connectivity index (χ1) is 13.5. The van der Waals surface area contributed by atoms with E-state index in [9.17, 15) is 14.7 Å². The molecule has 1 N–H and O–H groups in total. The summed E-state index contributed by atoms with van der Waals surface area (Å²) in [6, 6.07) is 15.1. The Morgan fingerprint density at radius 2 is 1.96 bits per heavy atom. The number of aromatic hydroxyl groups is 1. The molecular formula is C21H15NO5S. The van der Waals surface area contributed by atoms with Gasteiger partial charge < -0.3 is 14.3 Å². The normalized spacial score (nSPS) is 10.9. The number of esters is 1. The Bertz CT molecular complexity index is 1230. The Kier molecular flexibility index (Phi) is 4.67. The van der Waals surface area contributed by atoms with Crippen LogP contribution in [-0.4, -0.2) is 16.1 Å². The molecule has 0 fully saturated rings. The summed E-state index contributed by atoms with van der Waals surface area (Å²) in [4.78, 5) is 29.3. The second kappa shape index (κ2) is 7.28. The zero-order valence-electron chi connectivity index (χ0n) is 14.8. The highest BCUT2D eigenvalue weighted by atomic mass is 32.1. The van der Waals surface area contributed by atoms with Crippen molar-refractivity contribution in [2.24, 2.45) is 0 Å². The molecule has 0 unspecified atom stereocenters. The maximum absolute atomic E-state index is 12.7. The van der Waals surface area contributed by atoms with Gasteiger partial charge in [0.2, 0.25) is 0 Å². The number of fused-ring (bicyclic) bond motifs is 1. The third-order valence-corrected chi connectivity index (χ3v) is 5.09. The second-order valence-corrected chi connectivity index (χ2v) is 7.33. The minimum absolute atomic E-state index is 0.0163. The number of rotatable bonds is 4. The lowest BCUT2D eigenvalue weighted by Crippen LogP contribution is -2.07. The van der Waals surface area contributed by atoms with Gasteiger partial charge >= 0.3 is 11.6 Å². The number of hydrogen-bond acceptors (Lipinski definition) is 7. The minimum atomic E-state index is -0.581. The molecule has 0 saturated heterocycles. The van der Waals surface area contributed by atoms with Crippen molar-refractivity contribution in [3.05, 3.63) is 80.5 Å². The molecule has 6 nitrogen and oxygen atoms in total. The molecule has 0 aliphatic rings. The number of ether oxygens (including phenoxy) is 1. The lowest BCUT2D eigenvalue weighted by atomic mass is 10.1. The van der Waals surface area contributed by atoms with Crippen LogP contribution >= 0.6 is 11.3 Å². The fourth-order valence-corrected chi connectivity index (χ4v) is 3.74.